The van der Waals surface area contributed by atoms with Crippen LogP contribution in [0, 0.1) is 0 Å². The lowest BCUT2D eigenvalue weighted by molar-refractivity contribution is 0.304. The summed E-state index contributed by atoms with van der Waals surface area (Å²) in [5.41, 5.74) is 2.98. The van der Waals surface area contributed by atoms with Gasteiger partial charge in [0.25, 0.3) is 0 Å². The van der Waals surface area contributed by atoms with Crippen LogP contribution in [0.2, 0.25) is 0 Å². The van der Waals surface area contributed by atoms with Crippen molar-refractivity contribution in [3.05, 3.63) is 54.2 Å². The van der Waals surface area contributed by atoms with Crippen molar-refractivity contribution in [3.8, 4) is 17.0 Å². The van der Waals surface area contributed by atoms with E-state index in [9.17, 15) is 0 Å². The lowest BCUT2D eigenvalue weighted by atomic mass is 10.1. The Hall–Kier alpha value is -2.40. The predicted molar refractivity (Wildman–Crippen MR) is 114 cm³/mol. The summed E-state index contributed by atoms with van der Waals surface area (Å²) < 4.78 is 5.83. The molecule has 27 heavy (non-hydrogen) atoms. The molecule has 0 fully saturated rings. The number of benzene rings is 1. The Morgan fingerprint density at radius 2 is 1.81 bits per heavy atom. The third-order valence-electron chi connectivity index (χ3n) is 4.33. The maximum absolute atomic E-state index is 5.83. The quantitative estimate of drug-likeness (QED) is 0.376. The van der Waals surface area contributed by atoms with E-state index in [1.165, 1.54) is 32.1 Å². The highest BCUT2D eigenvalue weighted by Crippen LogP contribution is 2.27. The van der Waals surface area contributed by atoms with Crippen LogP contribution in [0.25, 0.3) is 11.3 Å². The van der Waals surface area contributed by atoms with E-state index in [2.05, 4.69) is 22.2 Å². The fourth-order valence-electron chi connectivity index (χ4n) is 2.81. The van der Waals surface area contributed by atoms with E-state index >= 15 is 0 Å². The monoisotopic (exact) mass is 381 g/mol. The van der Waals surface area contributed by atoms with Crippen LogP contribution in [0.4, 0.5) is 10.8 Å². The molecule has 0 bridgehead atoms. The Bertz CT molecular complexity index is 787. The molecular formula is C22H27N3OS. The average molecular weight is 382 g/mol. The first kappa shape index (κ1) is 19.4. The SMILES string of the molecule is CCCCCCCCOc1ccc(Nc2nc(-c3cccnc3)cs2)cc1. The van der Waals surface area contributed by atoms with Crippen molar-refractivity contribution in [2.24, 2.45) is 0 Å². The zero-order chi connectivity index (χ0) is 18.7. The summed E-state index contributed by atoms with van der Waals surface area (Å²) in [6, 6.07) is 12.0. The van der Waals surface area contributed by atoms with Crippen molar-refractivity contribution in [2.45, 2.75) is 45.4 Å². The molecule has 0 aliphatic heterocycles. The van der Waals surface area contributed by atoms with Gasteiger partial charge in [0.05, 0.1) is 12.3 Å². The molecular weight excluding hydrogens is 354 g/mol. The van der Waals surface area contributed by atoms with Gasteiger partial charge in [-0.05, 0) is 42.8 Å². The Kier molecular flexibility index (Phi) is 7.66. The molecule has 0 amide bonds. The average Bonchev–Trinajstić information content (AvgIpc) is 3.18. The van der Waals surface area contributed by atoms with Gasteiger partial charge in [0.15, 0.2) is 5.13 Å². The van der Waals surface area contributed by atoms with Crippen LogP contribution in [0.15, 0.2) is 54.2 Å². The van der Waals surface area contributed by atoms with Gasteiger partial charge in [0.2, 0.25) is 0 Å². The van der Waals surface area contributed by atoms with E-state index in [4.69, 9.17) is 4.74 Å². The fraction of sp³-hybridized carbons (Fsp3) is 0.364. The van der Waals surface area contributed by atoms with Crippen molar-refractivity contribution in [3.63, 3.8) is 0 Å². The third-order valence-corrected chi connectivity index (χ3v) is 5.09. The number of aromatic nitrogens is 2. The molecule has 2 heterocycles. The van der Waals surface area contributed by atoms with Gasteiger partial charge in [-0.2, -0.15) is 0 Å². The lowest BCUT2D eigenvalue weighted by Gasteiger charge is -2.08. The zero-order valence-electron chi connectivity index (χ0n) is 15.9. The molecule has 3 rings (SSSR count). The molecule has 0 radical (unpaired) electrons. The van der Waals surface area contributed by atoms with Crippen LogP contribution in [0.1, 0.15) is 45.4 Å². The van der Waals surface area contributed by atoms with Crippen LogP contribution >= 0.6 is 11.3 Å². The normalized spacial score (nSPS) is 10.7. The summed E-state index contributed by atoms with van der Waals surface area (Å²) in [6.07, 6.45) is 11.3. The second-order valence-electron chi connectivity index (χ2n) is 6.55. The van der Waals surface area contributed by atoms with Crippen LogP contribution in [0.5, 0.6) is 5.75 Å². The molecule has 1 aromatic carbocycles. The molecule has 0 spiro atoms. The number of nitrogens with one attached hydrogen (secondary N) is 1. The summed E-state index contributed by atoms with van der Waals surface area (Å²) in [7, 11) is 0. The molecule has 1 N–H and O–H groups in total. The molecule has 142 valence electrons. The van der Waals surface area contributed by atoms with Crippen molar-refractivity contribution in [1.82, 2.24) is 9.97 Å². The predicted octanol–water partition coefficient (Wildman–Crippen LogP) is 6.69. The van der Waals surface area contributed by atoms with Crippen LogP contribution < -0.4 is 10.1 Å². The lowest BCUT2D eigenvalue weighted by Crippen LogP contribution is -1.97. The summed E-state index contributed by atoms with van der Waals surface area (Å²) >= 11 is 1.59. The van der Waals surface area contributed by atoms with Crippen molar-refractivity contribution in [2.75, 3.05) is 11.9 Å². The highest BCUT2D eigenvalue weighted by Gasteiger charge is 2.05. The third kappa shape index (κ3) is 6.36. The minimum absolute atomic E-state index is 0.792. The molecule has 4 nitrogen and oxygen atoms in total. The summed E-state index contributed by atoms with van der Waals surface area (Å²) in [5, 5.41) is 6.26. The highest BCUT2D eigenvalue weighted by atomic mass is 32.1. The number of ether oxygens (including phenoxy) is 1. The minimum atomic E-state index is 0.792. The molecule has 2 aromatic heterocycles. The fourth-order valence-corrected chi connectivity index (χ4v) is 3.55. The van der Waals surface area contributed by atoms with Crippen molar-refractivity contribution >= 4 is 22.2 Å². The molecule has 0 saturated carbocycles. The molecule has 0 saturated heterocycles. The van der Waals surface area contributed by atoms with E-state index in [-0.39, 0.29) is 0 Å². The Morgan fingerprint density at radius 3 is 2.59 bits per heavy atom. The second-order valence-corrected chi connectivity index (χ2v) is 7.40. The van der Waals surface area contributed by atoms with Gasteiger partial charge in [-0.15, -0.1) is 11.3 Å². The summed E-state index contributed by atoms with van der Waals surface area (Å²) in [5.74, 6) is 0.921. The maximum atomic E-state index is 5.83. The van der Waals surface area contributed by atoms with Gasteiger partial charge in [-0.1, -0.05) is 39.0 Å². The van der Waals surface area contributed by atoms with Gasteiger partial charge in [-0.3, -0.25) is 4.98 Å². The van der Waals surface area contributed by atoms with E-state index in [0.717, 1.165) is 40.9 Å². The summed E-state index contributed by atoms with van der Waals surface area (Å²) in [4.78, 5) is 8.77. The number of anilines is 2. The number of hydrogen-bond acceptors (Lipinski definition) is 5. The van der Waals surface area contributed by atoms with Crippen LogP contribution in [0.3, 0.4) is 0 Å². The van der Waals surface area contributed by atoms with Crippen molar-refractivity contribution in [1.29, 1.82) is 0 Å². The van der Waals surface area contributed by atoms with Gasteiger partial charge in [0, 0.05) is 29.0 Å². The number of hydrogen-bond donors (Lipinski definition) is 1. The highest BCUT2D eigenvalue weighted by molar-refractivity contribution is 7.14. The van der Waals surface area contributed by atoms with Crippen molar-refractivity contribution < 1.29 is 4.74 Å². The smallest absolute Gasteiger partial charge is 0.187 e. The number of nitrogens with zero attached hydrogens (tertiary/aromatic N) is 2. The van der Waals surface area contributed by atoms with Crippen LogP contribution in [-0.4, -0.2) is 16.6 Å². The Balaban J connectivity index is 1.43. The first-order chi connectivity index (χ1) is 13.3. The molecule has 3 aromatic rings. The first-order valence-corrected chi connectivity index (χ1v) is 10.6. The first-order valence-electron chi connectivity index (χ1n) is 9.71. The minimum Gasteiger partial charge on any atom is -0.494 e. The van der Waals surface area contributed by atoms with E-state index in [0.29, 0.717) is 0 Å². The van der Waals surface area contributed by atoms with E-state index in [1.807, 2.05) is 48.0 Å². The zero-order valence-corrected chi connectivity index (χ0v) is 16.7. The van der Waals surface area contributed by atoms with E-state index < -0.39 is 0 Å². The molecule has 0 unspecified atom stereocenters. The second kappa shape index (κ2) is 10.7. The Labute approximate surface area is 165 Å². The topological polar surface area (TPSA) is 47.0 Å². The largest absolute Gasteiger partial charge is 0.494 e. The maximum Gasteiger partial charge on any atom is 0.187 e. The van der Waals surface area contributed by atoms with Gasteiger partial charge in [-0.25, -0.2) is 4.98 Å². The van der Waals surface area contributed by atoms with Crippen LogP contribution in [-0.2, 0) is 0 Å². The Morgan fingerprint density at radius 1 is 1.00 bits per heavy atom. The van der Waals surface area contributed by atoms with E-state index in [1.54, 1.807) is 17.5 Å². The molecule has 0 atom stereocenters. The summed E-state index contributed by atoms with van der Waals surface area (Å²) in [6.45, 7) is 3.04. The molecule has 0 aliphatic rings. The number of pyridine rings is 1. The molecule has 5 heteroatoms. The van der Waals surface area contributed by atoms with Gasteiger partial charge >= 0.3 is 0 Å². The van der Waals surface area contributed by atoms with Gasteiger partial charge in [0.1, 0.15) is 5.75 Å². The number of rotatable bonds is 11. The molecule has 0 aliphatic carbocycles. The standard InChI is InChI=1S/C22H27N3OS/c1-2-3-4-5-6-7-15-26-20-12-10-19(11-13-20)24-22-25-21(17-27-22)18-9-8-14-23-16-18/h8-14,16-17H,2-7,15H2,1H3,(H,24,25). The number of unbranched alkanes of at least 4 members (excludes halogenated alkanes) is 5. The number of thiazole rings is 1. The van der Waals surface area contributed by atoms with Gasteiger partial charge < -0.3 is 10.1 Å².